The van der Waals surface area contributed by atoms with Crippen LogP contribution >= 0.6 is 11.6 Å². The smallest absolute Gasteiger partial charge is 0.319 e. The van der Waals surface area contributed by atoms with Gasteiger partial charge in [0.1, 0.15) is 0 Å². The molecule has 0 bridgehead atoms. The van der Waals surface area contributed by atoms with Gasteiger partial charge < -0.3 is 20.7 Å². The summed E-state index contributed by atoms with van der Waals surface area (Å²) in [5.41, 5.74) is 0.965. The van der Waals surface area contributed by atoms with Crippen LogP contribution in [0.2, 0.25) is 5.02 Å². The molecule has 0 spiro atoms. The summed E-state index contributed by atoms with van der Waals surface area (Å²) < 4.78 is 5.89. The van der Waals surface area contributed by atoms with E-state index in [-0.39, 0.29) is 18.0 Å². The van der Waals surface area contributed by atoms with Gasteiger partial charge in [-0.3, -0.25) is 4.79 Å². The monoisotopic (exact) mass is 393 g/mol. The Hall–Kier alpha value is -1.79. The van der Waals surface area contributed by atoms with Crippen molar-refractivity contribution >= 4 is 29.2 Å². The lowest BCUT2D eigenvalue weighted by atomic mass is 9.88. The maximum atomic E-state index is 12.1. The van der Waals surface area contributed by atoms with Crippen LogP contribution in [-0.4, -0.2) is 37.2 Å². The van der Waals surface area contributed by atoms with E-state index in [4.69, 9.17) is 16.3 Å². The first kappa shape index (κ1) is 20.0. The molecule has 1 aromatic rings. The van der Waals surface area contributed by atoms with E-state index in [1.54, 1.807) is 18.2 Å². The fourth-order valence-electron chi connectivity index (χ4n) is 3.35. The van der Waals surface area contributed by atoms with E-state index in [2.05, 4.69) is 22.9 Å². The third-order valence-electron chi connectivity index (χ3n) is 5.14. The number of carbonyl (C=O) groups is 2. The molecule has 2 aliphatic rings. The first-order valence-corrected chi connectivity index (χ1v) is 10.2. The zero-order chi connectivity index (χ0) is 19.2. The van der Waals surface area contributed by atoms with E-state index >= 15 is 0 Å². The Labute approximate surface area is 165 Å². The summed E-state index contributed by atoms with van der Waals surface area (Å²) in [6.45, 7) is 3.18. The molecule has 2 aliphatic carbocycles. The van der Waals surface area contributed by atoms with Gasteiger partial charge in [0.05, 0.1) is 23.3 Å². The average molecular weight is 394 g/mol. The van der Waals surface area contributed by atoms with E-state index < -0.39 is 0 Å². The first-order chi connectivity index (χ1) is 13.0. The molecule has 0 aliphatic heterocycles. The lowest BCUT2D eigenvalue weighted by Crippen LogP contribution is -2.34. The van der Waals surface area contributed by atoms with Crippen molar-refractivity contribution in [3.05, 3.63) is 28.8 Å². The largest absolute Gasteiger partial charge is 0.376 e. The molecule has 0 saturated heterocycles. The predicted octanol–water partition coefficient (Wildman–Crippen LogP) is 3.95. The normalized spacial score (nSPS) is 22.1. The maximum absolute atomic E-state index is 12.1. The van der Waals surface area contributed by atoms with Crippen molar-refractivity contribution in [3.63, 3.8) is 0 Å². The number of anilines is 1. The molecule has 148 valence electrons. The highest BCUT2D eigenvalue weighted by Gasteiger charge is 2.25. The van der Waals surface area contributed by atoms with Crippen LogP contribution in [0.1, 0.15) is 55.8 Å². The maximum Gasteiger partial charge on any atom is 0.319 e. The Bertz CT molecular complexity index is 678. The second-order valence-electron chi connectivity index (χ2n) is 7.49. The van der Waals surface area contributed by atoms with Crippen LogP contribution in [0.3, 0.4) is 0 Å². The van der Waals surface area contributed by atoms with Gasteiger partial charge in [-0.15, -0.1) is 0 Å². The molecule has 0 radical (unpaired) electrons. The molecule has 0 heterocycles. The van der Waals surface area contributed by atoms with Crippen LogP contribution < -0.4 is 16.0 Å². The Balaban J connectivity index is 1.39. The third-order valence-corrected chi connectivity index (χ3v) is 5.45. The number of carbonyl (C=O) groups excluding carboxylic acids is 2. The number of hydrogen-bond donors (Lipinski definition) is 3. The quantitative estimate of drug-likeness (QED) is 0.613. The van der Waals surface area contributed by atoms with Crippen molar-refractivity contribution in [1.82, 2.24) is 10.6 Å². The highest BCUT2D eigenvalue weighted by molar-refractivity contribution is 6.34. The number of rotatable bonds is 7. The lowest BCUT2D eigenvalue weighted by Gasteiger charge is -2.28. The second-order valence-corrected chi connectivity index (χ2v) is 7.90. The minimum absolute atomic E-state index is 0.174. The van der Waals surface area contributed by atoms with Gasteiger partial charge in [-0.1, -0.05) is 31.4 Å². The van der Waals surface area contributed by atoms with Gasteiger partial charge in [0, 0.05) is 18.3 Å². The van der Waals surface area contributed by atoms with E-state index in [0.717, 1.165) is 19.3 Å². The van der Waals surface area contributed by atoms with E-state index in [9.17, 15) is 9.59 Å². The predicted molar refractivity (Wildman–Crippen MR) is 106 cm³/mol. The third kappa shape index (κ3) is 6.11. The molecule has 2 atom stereocenters. The Kier molecular flexibility index (Phi) is 6.96. The van der Waals surface area contributed by atoms with Crippen molar-refractivity contribution in [2.45, 2.75) is 57.6 Å². The van der Waals surface area contributed by atoms with Crippen LogP contribution in [0.25, 0.3) is 0 Å². The van der Waals surface area contributed by atoms with Gasteiger partial charge in [0.15, 0.2) is 0 Å². The Morgan fingerprint density at radius 1 is 1.19 bits per heavy atom. The number of hydrogen-bond acceptors (Lipinski definition) is 3. The molecule has 3 rings (SSSR count). The average Bonchev–Trinajstić information content (AvgIpc) is 3.44. The van der Waals surface area contributed by atoms with Gasteiger partial charge >= 0.3 is 6.03 Å². The zero-order valence-electron chi connectivity index (χ0n) is 15.7. The number of halogens is 1. The second kappa shape index (κ2) is 9.42. The number of amides is 3. The van der Waals surface area contributed by atoms with Crippen molar-refractivity contribution in [1.29, 1.82) is 0 Å². The standard InChI is InChI=1S/C20H28ClN3O3/c1-13-4-2-3-5-18(13)27-11-10-22-20(26)24-15-8-9-16(17(21)12-15)19(25)23-14-6-7-14/h8-9,12-14,18H,2-7,10-11H2,1H3,(H,23,25)(H2,22,24,26)/t13-,18-/m0/s1. The summed E-state index contributed by atoms with van der Waals surface area (Å²) in [6.07, 6.45) is 7.17. The molecular weight excluding hydrogens is 366 g/mol. The van der Waals surface area contributed by atoms with Crippen LogP contribution in [0.5, 0.6) is 0 Å². The van der Waals surface area contributed by atoms with E-state index in [1.165, 1.54) is 19.3 Å². The zero-order valence-corrected chi connectivity index (χ0v) is 16.5. The van der Waals surface area contributed by atoms with Crippen molar-refractivity contribution in [3.8, 4) is 0 Å². The van der Waals surface area contributed by atoms with Gasteiger partial charge in [-0.05, 0) is 49.8 Å². The molecule has 6 nitrogen and oxygen atoms in total. The molecule has 1 aromatic carbocycles. The highest BCUT2D eigenvalue weighted by atomic mass is 35.5. The lowest BCUT2D eigenvalue weighted by molar-refractivity contribution is -0.00232. The Morgan fingerprint density at radius 2 is 1.96 bits per heavy atom. The number of ether oxygens (including phenoxy) is 1. The molecule has 0 aromatic heterocycles. The summed E-state index contributed by atoms with van der Waals surface area (Å²) in [5.74, 6) is 0.415. The molecule has 3 amide bonds. The number of benzene rings is 1. The SMILES string of the molecule is C[C@H]1CCCC[C@@H]1OCCNC(=O)Nc1ccc(C(=O)NC2CC2)c(Cl)c1. The van der Waals surface area contributed by atoms with Crippen molar-refractivity contribution in [2.24, 2.45) is 5.92 Å². The van der Waals surface area contributed by atoms with E-state index in [0.29, 0.717) is 41.4 Å². The van der Waals surface area contributed by atoms with Gasteiger partial charge in [-0.2, -0.15) is 0 Å². The van der Waals surface area contributed by atoms with Gasteiger partial charge in [-0.25, -0.2) is 4.79 Å². The molecule has 27 heavy (non-hydrogen) atoms. The van der Waals surface area contributed by atoms with Crippen molar-refractivity contribution in [2.75, 3.05) is 18.5 Å². The van der Waals surface area contributed by atoms with Crippen LogP contribution in [-0.2, 0) is 4.74 Å². The van der Waals surface area contributed by atoms with Crippen LogP contribution in [0, 0.1) is 5.92 Å². The molecule has 2 fully saturated rings. The molecular formula is C20H28ClN3O3. The highest BCUT2D eigenvalue weighted by Crippen LogP contribution is 2.26. The van der Waals surface area contributed by atoms with Gasteiger partial charge in [0.2, 0.25) is 0 Å². The molecule has 3 N–H and O–H groups in total. The van der Waals surface area contributed by atoms with Gasteiger partial charge in [0.25, 0.3) is 5.91 Å². The number of urea groups is 1. The summed E-state index contributed by atoms with van der Waals surface area (Å²) in [5, 5.41) is 8.73. The summed E-state index contributed by atoms with van der Waals surface area (Å²) in [6, 6.07) is 4.84. The first-order valence-electron chi connectivity index (χ1n) is 9.80. The minimum Gasteiger partial charge on any atom is -0.376 e. The minimum atomic E-state index is -0.318. The Morgan fingerprint density at radius 3 is 2.67 bits per heavy atom. The topological polar surface area (TPSA) is 79.5 Å². The molecule has 0 unspecified atom stereocenters. The molecule has 7 heteroatoms. The van der Waals surface area contributed by atoms with Crippen molar-refractivity contribution < 1.29 is 14.3 Å². The number of nitrogens with one attached hydrogen (secondary N) is 3. The van der Waals surface area contributed by atoms with Crippen LogP contribution in [0.15, 0.2) is 18.2 Å². The molecule has 2 saturated carbocycles. The fraction of sp³-hybridized carbons (Fsp3) is 0.600. The van der Waals surface area contributed by atoms with E-state index in [1.807, 2.05) is 0 Å². The fourth-order valence-corrected chi connectivity index (χ4v) is 3.61. The summed E-state index contributed by atoms with van der Waals surface area (Å²) in [4.78, 5) is 24.1. The summed E-state index contributed by atoms with van der Waals surface area (Å²) in [7, 11) is 0. The van der Waals surface area contributed by atoms with Crippen LogP contribution in [0.4, 0.5) is 10.5 Å². The summed E-state index contributed by atoms with van der Waals surface area (Å²) >= 11 is 6.19.